The largest absolute Gasteiger partial charge is 0.417 e. The van der Waals surface area contributed by atoms with Crippen molar-refractivity contribution >= 4 is 17.5 Å². The number of nitriles is 1. The molecular weight excluding hydrogens is 359 g/mol. The smallest absolute Gasteiger partial charge is 0.313 e. The third-order valence-corrected chi connectivity index (χ3v) is 6.95. The molecule has 2 saturated carbocycles. The maximum Gasteiger partial charge on any atom is 0.417 e. The molecule has 2 amide bonds. The Morgan fingerprint density at radius 1 is 1.19 bits per heavy atom. The highest BCUT2D eigenvalue weighted by Crippen LogP contribution is 2.65. The van der Waals surface area contributed by atoms with Crippen molar-refractivity contribution in [3.05, 3.63) is 29.3 Å². The first-order chi connectivity index (χ1) is 12.8. The molecule has 2 bridgehead atoms. The van der Waals surface area contributed by atoms with Crippen LogP contribution >= 0.6 is 0 Å². The molecule has 140 valence electrons. The van der Waals surface area contributed by atoms with Gasteiger partial charge in [-0.15, -0.1) is 0 Å². The fourth-order valence-electron chi connectivity index (χ4n) is 5.84. The van der Waals surface area contributed by atoms with E-state index >= 15 is 0 Å². The summed E-state index contributed by atoms with van der Waals surface area (Å²) >= 11 is 0. The summed E-state index contributed by atoms with van der Waals surface area (Å²) in [5, 5.41) is 12.3. The molecule has 2 aliphatic carbocycles. The van der Waals surface area contributed by atoms with Crippen molar-refractivity contribution in [3.63, 3.8) is 0 Å². The van der Waals surface area contributed by atoms with Gasteiger partial charge in [0.2, 0.25) is 11.8 Å². The molecule has 3 heterocycles. The number of rotatable bonds is 1. The second-order valence-electron chi connectivity index (χ2n) is 8.01. The molecule has 1 aromatic rings. The molecule has 1 N–H and O–H groups in total. The monoisotopic (exact) mass is 375 g/mol. The highest BCUT2D eigenvalue weighted by molar-refractivity contribution is 6.22. The number of halogens is 3. The number of imide groups is 1. The molecule has 27 heavy (non-hydrogen) atoms. The van der Waals surface area contributed by atoms with Gasteiger partial charge in [0.25, 0.3) is 0 Å². The Hall–Kier alpha value is -2.40. The Bertz CT molecular complexity index is 886. The Balaban J connectivity index is 1.56. The summed E-state index contributed by atoms with van der Waals surface area (Å²) in [6.45, 7) is 2.80. The quantitative estimate of drug-likeness (QED) is 0.764. The van der Waals surface area contributed by atoms with E-state index in [0.717, 1.165) is 17.0 Å². The van der Waals surface area contributed by atoms with Crippen LogP contribution in [-0.2, 0) is 15.8 Å². The molecule has 5 fully saturated rings. The number of hydrogen-bond acceptors (Lipinski definition) is 4. The Morgan fingerprint density at radius 3 is 2.56 bits per heavy atom. The van der Waals surface area contributed by atoms with Crippen molar-refractivity contribution < 1.29 is 22.8 Å². The van der Waals surface area contributed by atoms with Crippen LogP contribution in [0.2, 0.25) is 0 Å². The molecule has 5 nitrogen and oxygen atoms in total. The summed E-state index contributed by atoms with van der Waals surface area (Å²) in [5.41, 5.74) is -1.76. The maximum absolute atomic E-state index is 13.3. The van der Waals surface area contributed by atoms with E-state index in [1.807, 2.05) is 0 Å². The van der Waals surface area contributed by atoms with Crippen molar-refractivity contribution in [2.45, 2.75) is 19.1 Å². The van der Waals surface area contributed by atoms with Gasteiger partial charge in [0, 0.05) is 6.04 Å². The number of carbonyl (C=O) groups is 2. The molecule has 5 aliphatic rings. The molecule has 0 radical (unpaired) electrons. The molecule has 1 unspecified atom stereocenters. The molecule has 6 rings (SSSR count). The molecule has 3 saturated heterocycles. The molecular formula is C19H16F3N3O2. The van der Waals surface area contributed by atoms with Crippen LogP contribution in [0.3, 0.4) is 0 Å². The van der Waals surface area contributed by atoms with E-state index < -0.39 is 41.0 Å². The van der Waals surface area contributed by atoms with E-state index in [2.05, 4.69) is 12.2 Å². The summed E-state index contributed by atoms with van der Waals surface area (Å²) in [5.74, 6) is -0.482. The normalized spacial score (nSPS) is 39.2. The van der Waals surface area contributed by atoms with E-state index in [9.17, 15) is 22.8 Å². The standard InChI is InChI=1S/C19H16F3N3O2/c1-7-12-10-6-24-16(13(7)12)15-14(10)17(26)25(18(15)27)9-3-2-8(5-23)11(4-9)19(20,21)22/h2-4,7,10,12-16,24H,6H2,1H3/t7-,10?,12-,13-,14-,15-,16+/m0/s1. The lowest BCUT2D eigenvalue weighted by Crippen LogP contribution is -2.58. The van der Waals surface area contributed by atoms with Crippen LogP contribution in [0.25, 0.3) is 0 Å². The van der Waals surface area contributed by atoms with Crippen LogP contribution in [-0.4, -0.2) is 24.4 Å². The van der Waals surface area contributed by atoms with Crippen molar-refractivity contribution in [3.8, 4) is 6.07 Å². The van der Waals surface area contributed by atoms with Gasteiger partial charge in [-0.3, -0.25) is 9.59 Å². The lowest BCUT2D eigenvalue weighted by atomic mass is 9.67. The number of carbonyl (C=O) groups excluding carboxylic acids is 2. The first-order valence-corrected chi connectivity index (χ1v) is 8.98. The molecule has 8 heteroatoms. The van der Waals surface area contributed by atoms with Crippen LogP contribution in [0.1, 0.15) is 18.1 Å². The molecule has 1 aromatic carbocycles. The van der Waals surface area contributed by atoms with Gasteiger partial charge in [-0.1, -0.05) is 6.92 Å². The van der Waals surface area contributed by atoms with Crippen molar-refractivity contribution in [2.75, 3.05) is 11.4 Å². The minimum Gasteiger partial charge on any atom is -0.313 e. The zero-order valence-electron chi connectivity index (χ0n) is 14.3. The molecule has 3 aliphatic heterocycles. The van der Waals surface area contributed by atoms with Crippen LogP contribution < -0.4 is 10.2 Å². The predicted octanol–water partition coefficient (Wildman–Crippen LogP) is 2.17. The van der Waals surface area contributed by atoms with Gasteiger partial charge < -0.3 is 5.32 Å². The summed E-state index contributed by atoms with van der Waals surface area (Å²) in [6.07, 6.45) is -4.74. The summed E-state index contributed by atoms with van der Waals surface area (Å²) in [4.78, 5) is 27.0. The van der Waals surface area contributed by atoms with Gasteiger partial charge in [-0.25, -0.2) is 4.90 Å². The summed E-state index contributed by atoms with van der Waals surface area (Å²) in [7, 11) is 0. The van der Waals surface area contributed by atoms with E-state index in [1.165, 1.54) is 12.1 Å². The zero-order valence-corrected chi connectivity index (χ0v) is 14.3. The van der Waals surface area contributed by atoms with Crippen LogP contribution in [0.15, 0.2) is 18.2 Å². The average molecular weight is 375 g/mol. The first-order valence-electron chi connectivity index (χ1n) is 8.98. The minimum atomic E-state index is -4.74. The van der Waals surface area contributed by atoms with Crippen molar-refractivity contribution in [2.24, 2.45) is 35.5 Å². The van der Waals surface area contributed by atoms with E-state index in [0.29, 0.717) is 24.3 Å². The van der Waals surface area contributed by atoms with Gasteiger partial charge in [-0.2, -0.15) is 18.4 Å². The van der Waals surface area contributed by atoms with Gasteiger partial charge >= 0.3 is 6.18 Å². The average Bonchev–Trinajstić information content (AvgIpc) is 3.25. The molecule has 0 spiro atoms. The Labute approximate surface area is 153 Å². The molecule has 7 atom stereocenters. The van der Waals surface area contributed by atoms with Crippen molar-refractivity contribution in [1.29, 1.82) is 5.26 Å². The SMILES string of the molecule is C[C@H]1[C@H]2C3CN[C@@H]([C@H]4C(=O)N(c5ccc(C#N)c(C(F)(F)F)c5)C(=O)[C@@H]34)[C@@H]12. The Morgan fingerprint density at radius 2 is 1.89 bits per heavy atom. The van der Waals surface area contributed by atoms with Gasteiger partial charge in [0.1, 0.15) is 0 Å². The summed E-state index contributed by atoms with van der Waals surface area (Å²) in [6, 6.07) is 4.44. The number of piperidine rings is 2. The van der Waals surface area contributed by atoms with Gasteiger partial charge in [0.05, 0.1) is 34.7 Å². The topological polar surface area (TPSA) is 73.2 Å². The van der Waals surface area contributed by atoms with E-state index in [-0.39, 0.29) is 17.6 Å². The maximum atomic E-state index is 13.3. The van der Waals surface area contributed by atoms with Crippen molar-refractivity contribution in [1.82, 2.24) is 5.32 Å². The fourth-order valence-corrected chi connectivity index (χ4v) is 5.84. The number of fused-ring (bicyclic) bond motifs is 1. The van der Waals surface area contributed by atoms with E-state index in [4.69, 9.17) is 5.26 Å². The Kier molecular flexibility index (Phi) is 3.17. The minimum absolute atomic E-state index is 0.0573. The van der Waals surface area contributed by atoms with Gasteiger partial charge in [-0.05, 0) is 48.4 Å². The lowest BCUT2D eigenvalue weighted by Gasteiger charge is -2.43. The molecule has 0 aromatic heterocycles. The summed E-state index contributed by atoms with van der Waals surface area (Å²) < 4.78 is 39.8. The second kappa shape index (κ2) is 5.10. The number of benzene rings is 1. The number of hydrogen-bond donors (Lipinski definition) is 1. The predicted molar refractivity (Wildman–Crippen MR) is 87.1 cm³/mol. The number of amides is 2. The lowest BCUT2D eigenvalue weighted by molar-refractivity contribution is -0.138. The third kappa shape index (κ3) is 2.03. The number of nitrogens with zero attached hydrogens (tertiary/aromatic N) is 2. The van der Waals surface area contributed by atoms with Crippen LogP contribution in [0, 0.1) is 46.8 Å². The second-order valence-corrected chi connectivity index (χ2v) is 8.01. The van der Waals surface area contributed by atoms with Gasteiger partial charge in [0.15, 0.2) is 0 Å². The number of anilines is 1. The first kappa shape index (κ1) is 16.8. The zero-order chi connectivity index (χ0) is 19.2. The number of alkyl halides is 3. The highest BCUT2D eigenvalue weighted by Gasteiger charge is 2.71. The highest BCUT2D eigenvalue weighted by atomic mass is 19.4. The third-order valence-electron chi connectivity index (χ3n) is 6.95. The van der Waals surface area contributed by atoms with E-state index in [1.54, 1.807) is 0 Å². The number of nitrogens with one attached hydrogen (secondary N) is 1. The fraction of sp³-hybridized carbons (Fsp3) is 0.526. The van der Waals surface area contributed by atoms with Crippen LogP contribution in [0.5, 0.6) is 0 Å². The van der Waals surface area contributed by atoms with Crippen LogP contribution in [0.4, 0.5) is 18.9 Å².